The Hall–Kier alpha value is -1.66. The summed E-state index contributed by atoms with van der Waals surface area (Å²) in [5, 5.41) is 24.1. The molecule has 0 aliphatic carbocycles. The molecule has 6 nitrogen and oxygen atoms in total. The lowest BCUT2D eigenvalue weighted by atomic mass is 9.93. The topological polar surface area (TPSA) is 78.6 Å². The maximum atomic E-state index is 11.1. The van der Waals surface area contributed by atoms with Crippen molar-refractivity contribution in [1.82, 2.24) is 4.90 Å². The molecule has 2 rings (SSSR count). The minimum atomic E-state index is -0.572. The second kappa shape index (κ2) is 6.41. The number of hydrogen-bond acceptors (Lipinski definition) is 5. The molecule has 6 heteroatoms. The lowest BCUT2D eigenvalue weighted by Crippen LogP contribution is -2.41. The third kappa shape index (κ3) is 4.15. The van der Waals surface area contributed by atoms with Crippen molar-refractivity contribution >= 4 is 11.4 Å². The molecule has 0 aromatic heterocycles. The summed E-state index contributed by atoms with van der Waals surface area (Å²) >= 11 is 0. The van der Waals surface area contributed by atoms with Gasteiger partial charge in [-0.1, -0.05) is 6.07 Å². The number of likely N-dealkylation sites (tertiary alicyclic amines) is 1. The van der Waals surface area contributed by atoms with Crippen LogP contribution in [0.3, 0.4) is 0 Å². The maximum Gasteiger partial charge on any atom is 0.292 e. The van der Waals surface area contributed by atoms with Crippen LogP contribution < -0.4 is 5.32 Å². The molecule has 0 unspecified atom stereocenters. The average molecular weight is 293 g/mol. The van der Waals surface area contributed by atoms with Crippen molar-refractivity contribution in [2.24, 2.45) is 0 Å². The quantitative estimate of drug-likeness (QED) is 0.643. The van der Waals surface area contributed by atoms with Crippen LogP contribution in [0.15, 0.2) is 18.2 Å². The van der Waals surface area contributed by atoms with E-state index >= 15 is 0 Å². The molecule has 0 atom stereocenters. The van der Waals surface area contributed by atoms with Crippen LogP contribution in [0, 0.1) is 10.1 Å². The number of nitrogens with one attached hydrogen (secondary N) is 1. The second-order valence-corrected chi connectivity index (χ2v) is 5.91. The Morgan fingerprint density at radius 3 is 2.67 bits per heavy atom. The first-order chi connectivity index (χ1) is 9.91. The summed E-state index contributed by atoms with van der Waals surface area (Å²) < 4.78 is 0. The Morgan fingerprint density at radius 2 is 2.10 bits per heavy atom. The Balaban J connectivity index is 2.07. The maximum absolute atomic E-state index is 11.1. The van der Waals surface area contributed by atoms with Gasteiger partial charge in [-0.3, -0.25) is 15.0 Å². The van der Waals surface area contributed by atoms with Gasteiger partial charge >= 0.3 is 0 Å². The fraction of sp³-hybridized carbons (Fsp3) is 0.600. The Labute approximate surface area is 124 Å². The van der Waals surface area contributed by atoms with Crippen molar-refractivity contribution in [3.63, 3.8) is 0 Å². The van der Waals surface area contributed by atoms with Gasteiger partial charge in [0.15, 0.2) is 0 Å². The first-order valence-electron chi connectivity index (χ1n) is 7.37. The van der Waals surface area contributed by atoms with E-state index in [2.05, 4.69) is 10.2 Å². The molecule has 0 spiro atoms. The van der Waals surface area contributed by atoms with Crippen molar-refractivity contribution in [3.8, 4) is 0 Å². The van der Waals surface area contributed by atoms with Crippen molar-refractivity contribution in [1.29, 1.82) is 0 Å². The summed E-state index contributed by atoms with van der Waals surface area (Å²) in [5.41, 5.74) is 1.05. The highest BCUT2D eigenvalue weighted by Gasteiger charge is 2.27. The van der Waals surface area contributed by atoms with Gasteiger partial charge in [-0.05, 0) is 38.3 Å². The van der Waals surface area contributed by atoms with E-state index in [1.165, 1.54) is 0 Å². The molecule has 0 amide bonds. The number of nitro groups is 1. The van der Waals surface area contributed by atoms with Gasteiger partial charge in [-0.15, -0.1) is 0 Å². The van der Waals surface area contributed by atoms with Gasteiger partial charge in [0.25, 0.3) is 5.69 Å². The van der Waals surface area contributed by atoms with E-state index in [0.717, 1.165) is 31.5 Å². The van der Waals surface area contributed by atoms with E-state index in [1.807, 2.05) is 19.9 Å². The van der Waals surface area contributed by atoms with E-state index in [-0.39, 0.29) is 10.6 Å². The number of anilines is 1. The minimum absolute atomic E-state index is 0.123. The molecule has 1 aliphatic heterocycles. The van der Waals surface area contributed by atoms with E-state index in [0.29, 0.717) is 18.8 Å². The molecule has 1 fully saturated rings. The van der Waals surface area contributed by atoms with Gasteiger partial charge < -0.3 is 10.4 Å². The van der Waals surface area contributed by atoms with Crippen LogP contribution in [-0.2, 0) is 6.54 Å². The summed E-state index contributed by atoms with van der Waals surface area (Å²) in [5.74, 6) is 0. The molecule has 2 N–H and O–H groups in total. The summed E-state index contributed by atoms with van der Waals surface area (Å²) in [6, 6.07) is 5.35. The number of piperidine rings is 1. The fourth-order valence-corrected chi connectivity index (χ4v) is 2.62. The smallest absolute Gasteiger partial charge is 0.292 e. The lowest BCUT2D eigenvalue weighted by molar-refractivity contribution is -0.384. The Kier molecular flexibility index (Phi) is 4.80. The zero-order valence-electron chi connectivity index (χ0n) is 12.6. The van der Waals surface area contributed by atoms with Crippen LogP contribution in [-0.4, -0.2) is 40.2 Å². The second-order valence-electron chi connectivity index (χ2n) is 5.91. The Morgan fingerprint density at radius 1 is 1.43 bits per heavy atom. The van der Waals surface area contributed by atoms with Crippen LogP contribution in [0.5, 0.6) is 0 Å². The highest BCUT2D eigenvalue weighted by molar-refractivity contribution is 5.62. The predicted octanol–water partition coefficient (Wildman–Crippen LogP) is 2.37. The first-order valence-corrected chi connectivity index (χ1v) is 7.37. The van der Waals surface area contributed by atoms with Crippen LogP contribution in [0.4, 0.5) is 11.4 Å². The Bertz CT molecular complexity index is 507. The third-order valence-corrected chi connectivity index (χ3v) is 3.97. The van der Waals surface area contributed by atoms with Gasteiger partial charge in [0, 0.05) is 32.2 Å². The lowest BCUT2D eigenvalue weighted by Gasteiger charge is -2.35. The molecular weight excluding hydrogens is 270 g/mol. The molecule has 1 heterocycles. The van der Waals surface area contributed by atoms with Crippen molar-refractivity contribution < 1.29 is 10.0 Å². The molecule has 21 heavy (non-hydrogen) atoms. The van der Waals surface area contributed by atoms with Crippen LogP contribution in [0.25, 0.3) is 0 Å². The standard InChI is InChI=1S/C15H23N3O3/c1-3-16-13-5-4-12(10-14(13)18(20)21)11-17-8-6-15(2,19)7-9-17/h4-5,10,16,19H,3,6-9,11H2,1-2H3. The van der Waals surface area contributed by atoms with E-state index in [4.69, 9.17) is 0 Å². The molecule has 116 valence electrons. The normalized spacial score (nSPS) is 18.4. The zero-order chi connectivity index (χ0) is 15.5. The molecule has 0 bridgehead atoms. The van der Waals surface area contributed by atoms with E-state index < -0.39 is 5.60 Å². The molecular formula is C15H23N3O3. The summed E-state index contributed by atoms with van der Waals surface area (Å²) in [7, 11) is 0. The third-order valence-electron chi connectivity index (χ3n) is 3.97. The van der Waals surface area contributed by atoms with E-state index in [1.54, 1.807) is 12.1 Å². The molecule has 0 saturated carbocycles. The van der Waals surface area contributed by atoms with Gasteiger partial charge in [-0.2, -0.15) is 0 Å². The molecule has 0 radical (unpaired) electrons. The molecule has 1 aliphatic rings. The van der Waals surface area contributed by atoms with Crippen LogP contribution in [0.1, 0.15) is 32.3 Å². The van der Waals surface area contributed by atoms with Crippen LogP contribution >= 0.6 is 0 Å². The number of rotatable bonds is 5. The van der Waals surface area contributed by atoms with E-state index in [9.17, 15) is 15.2 Å². The van der Waals surface area contributed by atoms with Gasteiger partial charge in [0.1, 0.15) is 5.69 Å². The van der Waals surface area contributed by atoms with Crippen molar-refractivity contribution in [2.75, 3.05) is 25.0 Å². The largest absolute Gasteiger partial charge is 0.390 e. The summed E-state index contributed by atoms with van der Waals surface area (Å²) in [6.07, 6.45) is 1.48. The summed E-state index contributed by atoms with van der Waals surface area (Å²) in [4.78, 5) is 13.0. The number of aliphatic hydroxyl groups is 1. The fourth-order valence-electron chi connectivity index (χ4n) is 2.62. The van der Waals surface area contributed by atoms with Gasteiger partial charge in [-0.25, -0.2) is 0 Å². The van der Waals surface area contributed by atoms with Crippen LogP contribution in [0.2, 0.25) is 0 Å². The average Bonchev–Trinajstić information content (AvgIpc) is 2.43. The first kappa shape index (κ1) is 15.7. The zero-order valence-corrected chi connectivity index (χ0v) is 12.6. The van der Waals surface area contributed by atoms with Crippen molar-refractivity contribution in [2.45, 2.75) is 38.8 Å². The number of nitrogens with zero attached hydrogens (tertiary/aromatic N) is 2. The predicted molar refractivity (Wildman–Crippen MR) is 82.4 cm³/mol. The van der Waals surface area contributed by atoms with Gasteiger partial charge in [0.05, 0.1) is 10.5 Å². The van der Waals surface area contributed by atoms with Gasteiger partial charge in [0.2, 0.25) is 0 Å². The number of nitro benzene ring substituents is 1. The monoisotopic (exact) mass is 293 g/mol. The molecule has 1 saturated heterocycles. The van der Waals surface area contributed by atoms with Crippen molar-refractivity contribution in [3.05, 3.63) is 33.9 Å². The summed E-state index contributed by atoms with van der Waals surface area (Å²) in [6.45, 7) is 6.74. The molecule has 1 aromatic rings. The highest BCUT2D eigenvalue weighted by Crippen LogP contribution is 2.27. The molecule has 1 aromatic carbocycles. The minimum Gasteiger partial charge on any atom is -0.390 e. The highest BCUT2D eigenvalue weighted by atomic mass is 16.6. The number of hydrogen-bond donors (Lipinski definition) is 2. The number of benzene rings is 1. The SMILES string of the molecule is CCNc1ccc(CN2CCC(C)(O)CC2)cc1[N+](=O)[O-].